The van der Waals surface area contributed by atoms with E-state index in [9.17, 15) is 4.79 Å². The number of carbonyl (C=O) groups excluding carboxylic acids is 1. The van der Waals surface area contributed by atoms with Gasteiger partial charge in [-0.1, -0.05) is 23.7 Å². The molecular formula is C21H24ClN3O. The van der Waals surface area contributed by atoms with Crippen LogP contribution < -0.4 is 5.32 Å². The van der Waals surface area contributed by atoms with Crippen LogP contribution in [0.3, 0.4) is 0 Å². The van der Waals surface area contributed by atoms with E-state index in [2.05, 4.69) is 10.3 Å². The van der Waals surface area contributed by atoms with E-state index in [0.29, 0.717) is 16.6 Å². The lowest BCUT2D eigenvalue weighted by Crippen LogP contribution is -2.45. The van der Waals surface area contributed by atoms with Crippen LogP contribution in [-0.2, 0) is 0 Å². The van der Waals surface area contributed by atoms with E-state index in [0.717, 1.165) is 49.5 Å². The van der Waals surface area contributed by atoms with E-state index in [-0.39, 0.29) is 5.91 Å². The standard InChI is InChI=1S/C21H24ClN3O/c22-19-5-3-16(4-6-19)17-11-18(14-23-13-17)21(26)25-9-7-20(8-10-25)24-12-15-1-2-15/h3-6,11,13-15,20,24H,1-2,7-10,12H2. The summed E-state index contributed by atoms with van der Waals surface area (Å²) >= 11 is 5.96. The minimum Gasteiger partial charge on any atom is -0.338 e. The molecule has 2 aliphatic rings. The van der Waals surface area contributed by atoms with Gasteiger partial charge in [0.05, 0.1) is 5.56 Å². The zero-order chi connectivity index (χ0) is 17.9. The highest BCUT2D eigenvalue weighted by Crippen LogP contribution is 2.28. The maximum Gasteiger partial charge on any atom is 0.255 e. The van der Waals surface area contributed by atoms with Gasteiger partial charge in [-0.25, -0.2) is 0 Å². The third-order valence-electron chi connectivity index (χ3n) is 5.34. The molecule has 1 aliphatic heterocycles. The van der Waals surface area contributed by atoms with Gasteiger partial charge in [-0.05, 0) is 61.9 Å². The van der Waals surface area contributed by atoms with Gasteiger partial charge in [0.2, 0.25) is 0 Å². The fourth-order valence-corrected chi connectivity index (χ4v) is 3.61. The van der Waals surface area contributed by atoms with Crippen molar-refractivity contribution in [3.63, 3.8) is 0 Å². The van der Waals surface area contributed by atoms with Crippen LogP contribution in [0.4, 0.5) is 0 Å². The summed E-state index contributed by atoms with van der Waals surface area (Å²) in [5, 5.41) is 4.36. The highest BCUT2D eigenvalue weighted by Gasteiger charge is 2.26. The van der Waals surface area contributed by atoms with Crippen molar-refractivity contribution in [3.05, 3.63) is 53.3 Å². The maximum atomic E-state index is 12.9. The van der Waals surface area contributed by atoms with Crippen molar-refractivity contribution in [1.82, 2.24) is 15.2 Å². The van der Waals surface area contributed by atoms with Crippen molar-refractivity contribution in [2.45, 2.75) is 31.7 Å². The fourth-order valence-electron chi connectivity index (χ4n) is 3.48. The average molecular weight is 370 g/mol. The number of amides is 1. The molecule has 0 radical (unpaired) electrons. The molecule has 4 rings (SSSR count). The summed E-state index contributed by atoms with van der Waals surface area (Å²) in [5.74, 6) is 0.977. The average Bonchev–Trinajstić information content (AvgIpc) is 3.51. The normalized spacial score (nSPS) is 18.1. The lowest BCUT2D eigenvalue weighted by molar-refractivity contribution is 0.0704. The van der Waals surface area contributed by atoms with Gasteiger partial charge in [0.15, 0.2) is 0 Å². The molecule has 0 spiro atoms. The Morgan fingerprint density at radius 1 is 1.08 bits per heavy atom. The third-order valence-corrected chi connectivity index (χ3v) is 5.59. The number of benzene rings is 1. The second-order valence-corrected chi connectivity index (χ2v) is 7.82. The molecule has 0 unspecified atom stereocenters. The van der Waals surface area contributed by atoms with Crippen molar-refractivity contribution in [2.24, 2.45) is 5.92 Å². The van der Waals surface area contributed by atoms with Gasteiger partial charge in [-0.15, -0.1) is 0 Å². The predicted molar refractivity (Wildman–Crippen MR) is 104 cm³/mol. The van der Waals surface area contributed by atoms with Crippen molar-refractivity contribution in [3.8, 4) is 11.1 Å². The highest BCUT2D eigenvalue weighted by molar-refractivity contribution is 6.30. The van der Waals surface area contributed by atoms with Crippen LogP contribution in [0.2, 0.25) is 5.02 Å². The molecule has 1 saturated carbocycles. The van der Waals surface area contributed by atoms with Gasteiger partial charge in [-0.3, -0.25) is 9.78 Å². The zero-order valence-corrected chi connectivity index (χ0v) is 15.6. The molecule has 1 aliphatic carbocycles. The summed E-state index contributed by atoms with van der Waals surface area (Å²) in [6.07, 6.45) is 8.27. The Hall–Kier alpha value is -1.91. The van der Waals surface area contributed by atoms with Crippen LogP contribution in [-0.4, -0.2) is 41.5 Å². The molecular weight excluding hydrogens is 346 g/mol. The molecule has 26 heavy (non-hydrogen) atoms. The Labute approximate surface area is 159 Å². The Kier molecular flexibility index (Phi) is 5.23. The molecule has 5 heteroatoms. The monoisotopic (exact) mass is 369 g/mol. The molecule has 1 amide bonds. The van der Waals surface area contributed by atoms with Gasteiger partial charge >= 0.3 is 0 Å². The molecule has 2 aromatic rings. The van der Waals surface area contributed by atoms with Gasteiger partial charge < -0.3 is 10.2 Å². The van der Waals surface area contributed by atoms with E-state index in [1.165, 1.54) is 12.8 Å². The maximum absolute atomic E-state index is 12.9. The molecule has 0 atom stereocenters. The number of hydrogen-bond acceptors (Lipinski definition) is 3. The number of nitrogens with one attached hydrogen (secondary N) is 1. The Morgan fingerprint density at radius 2 is 1.81 bits per heavy atom. The minimum absolute atomic E-state index is 0.0777. The van der Waals surface area contributed by atoms with Crippen molar-refractivity contribution >= 4 is 17.5 Å². The number of likely N-dealkylation sites (tertiary alicyclic amines) is 1. The zero-order valence-electron chi connectivity index (χ0n) is 14.8. The molecule has 2 heterocycles. The quantitative estimate of drug-likeness (QED) is 0.866. The molecule has 136 valence electrons. The molecule has 4 nitrogen and oxygen atoms in total. The number of hydrogen-bond donors (Lipinski definition) is 1. The van der Waals surface area contributed by atoms with Crippen molar-refractivity contribution < 1.29 is 4.79 Å². The summed E-state index contributed by atoms with van der Waals surface area (Å²) in [6, 6.07) is 10.1. The second kappa shape index (κ2) is 7.77. The number of aromatic nitrogens is 1. The molecule has 1 aromatic carbocycles. The summed E-state index contributed by atoms with van der Waals surface area (Å²) in [6.45, 7) is 2.77. The van der Waals surface area contributed by atoms with Crippen LogP contribution in [0.25, 0.3) is 11.1 Å². The first kappa shape index (κ1) is 17.5. The van der Waals surface area contributed by atoms with Gasteiger partial charge in [0.25, 0.3) is 5.91 Å². The number of carbonyl (C=O) groups is 1. The van der Waals surface area contributed by atoms with E-state index in [4.69, 9.17) is 11.6 Å². The Balaban J connectivity index is 1.38. The SMILES string of the molecule is O=C(c1cncc(-c2ccc(Cl)cc2)c1)N1CCC(NCC2CC2)CC1. The third kappa shape index (κ3) is 4.25. The van der Waals surface area contributed by atoms with Gasteiger partial charge in [0.1, 0.15) is 0 Å². The summed E-state index contributed by atoms with van der Waals surface area (Å²) in [7, 11) is 0. The smallest absolute Gasteiger partial charge is 0.255 e. The fraction of sp³-hybridized carbons (Fsp3) is 0.429. The van der Waals surface area contributed by atoms with Crippen molar-refractivity contribution in [2.75, 3.05) is 19.6 Å². The molecule has 2 fully saturated rings. The van der Waals surface area contributed by atoms with E-state index in [1.807, 2.05) is 35.2 Å². The lowest BCUT2D eigenvalue weighted by atomic mass is 10.0. The van der Waals surface area contributed by atoms with Crippen molar-refractivity contribution in [1.29, 1.82) is 0 Å². The highest BCUT2D eigenvalue weighted by atomic mass is 35.5. The van der Waals surface area contributed by atoms with Crippen LogP contribution in [0.15, 0.2) is 42.7 Å². The Morgan fingerprint density at radius 3 is 2.50 bits per heavy atom. The van der Waals surface area contributed by atoms with E-state index >= 15 is 0 Å². The summed E-state index contributed by atoms with van der Waals surface area (Å²) < 4.78 is 0. The molecule has 1 aromatic heterocycles. The van der Waals surface area contributed by atoms with E-state index in [1.54, 1.807) is 12.4 Å². The number of halogens is 1. The first-order valence-electron chi connectivity index (χ1n) is 9.43. The number of piperidine rings is 1. The molecule has 0 bridgehead atoms. The van der Waals surface area contributed by atoms with Gasteiger partial charge in [-0.2, -0.15) is 0 Å². The van der Waals surface area contributed by atoms with E-state index < -0.39 is 0 Å². The van der Waals surface area contributed by atoms with Crippen LogP contribution in [0.1, 0.15) is 36.0 Å². The molecule has 1 saturated heterocycles. The first-order valence-corrected chi connectivity index (χ1v) is 9.80. The summed E-state index contributed by atoms with van der Waals surface area (Å²) in [5.41, 5.74) is 2.61. The topological polar surface area (TPSA) is 45.2 Å². The predicted octanol–water partition coefficient (Wildman–Crippen LogP) is 4.01. The lowest BCUT2D eigenvalue weighted by Gasteiger charge is -2.32. The molecule has 1 N–H and O–H groups in total. The summed E-state index contributed by atoms with van der Waals surface area (Å²) in [4.78, 5) is 19.1. The minimum atomic E-state index is 0.0777. The second-order valence-electron chi connectivity index (χ2n) is 7.39. The van der Waals surface area contributed by atoms with Crippen LogP contribution in [0, 0.1) is 5.92 Å². The largest absolute Gasteiger partial charge is 0.338 e. The van der Waals surface area contributed by atoms with Crippen LogP contribution >= 0.6 is 11.6 Å². The number of nitrogens with zero attached hydrogens (tertiary/aromatic N) is 2. The number of pyridine rings is 1. The number of rotatable bonds is 5. The van der Waals surface area contributed by atoms with Gasteiger partial charge in [0, 0.05) is 42.1 Å². The Bertz CT molecular complexity index is 765. The first-order chi connectivity index (χ1) is 12.7. The van der Waals surface area contributed by atoms with Crippen LogP contribution in [0.5, 0.6) is 0 Å².